The zero-order valence-corrected chi connectivity index (χ0v) is 10.6. The van der Waals surface area contributed by atoms with E-state index in [4.69, 9.17) is 5.73 Å². The van der Waals surface area contributed by atoms with E-state index in [-0.39, 0.29) is 11.7 Å². The highest BCUT2D eigenvalue weighted by molar-refractivity contribution is 5.73. The predicted octanol–water partition coefficient (Wildman–Crippen LogP) is 0.639. The lowest BCUT2D eigenvalue weighted by atomic mass is 10.1. The number of amides is 1. The van der Waals surface area contributed by atoms with Crippen molar-refractivity contribution in [3.8, 4) is 5.75 Å². The van der Waals surface area contributed by atoms with Crippen molar-refractivity contribution < 1.29 is 9.90 Å². The zero-order valence-electron chi connectivity index (χ0n) is 10.6. The second-order valence-electron chi connectivity index (χ2n) is 4.68. The number of nitrogen functional groups attached to an aromatic ring is 1. The number of benzene rings is 1. The first-order valence-electron chi connectivity index (χ1n) is 6.11. The largest absolute Gasteiger partial charge is 0.506 e. The van der Waals surface area contributed by atoms with Gasteiger partial charge in [0.15, 0.2) is 0 Å². The maximum atomic E-state index is 11.2. The fraction of sp³-hybridized carbons (Fsp3) is 0.462. The van der Waals surface area contributed by atoms with E-state index in [9.17, 15) is 9.90 Å². The summed E-state index contributed by atoms with van der Waals surface area (Å²) in [5.74, 6) is 0.267. The van der Waals surface area contributed by atoms with Gasteiger partial charge in [-0.2, -0.15) is 0 Å². The number of phenols is 1. The van der Waals surface area contributed by atoms with Gasteiger partial charge in [0.05, 0.1) is 5.69 Å². The number of nitrogens with zero attached hydrogens (tertiary/aromatic N) is 2. The van der Waals surface area contributed by atoms with Gasteiger partial charge in [-0.1, -0.05) is 6.07 Å². The number of rotatable bonds is 2. The predicted molar refractivity (Wildman–Crippen MR) is 70.1 cm³/mol. The average Bonchev–Trinajstić information content (AvgIpc) is 2.34. The maximum absolute atomic E-state index is 11.2. The van der Waals surface area contributed by atoms with Crippen molar-refractivity contribution in [2.24, 2.45) is 0 Å². The van der Waals surface area contributed by atoms with E-state index in [1.54, 1.807) is 19.1 Å². The van der Waals surface area contributed by atoms with Crippen LogP contribution in [0.1, 0.15) is 12.5 Å². The number of aromatic hydroxyl groups is 1. The van der Waals surface area contributed by atoms with Crippen LogP contribution in [0.25, 0.3) is 0 Å². The molecule has 0 atom stereocenters. The van der Waals surface area contributed by atoms with Gasteiger partial charge in [0.25, 0.3) is 0 Å². The van der Waals surface area contributed by atoms with Gasteiger partial charge in [0, 0.05) is 39.6 Å². The first kappa shape index (κ1) is 12.7. The van der Waals surface area contributed by atoms with E-state index in [2.05, 4.69) is 4.90 Å². The first-order valence-corrected chi connectivity index (χ1v) is 6.11. The molecular formula is C13H19N3O2. The van der Waals surface area contributed by atoms with Crippen LogP contribution < -0.4 is 5.73 Å². The molecule has 1 fully saturated rings. The molecule has 0 aliphatic carbocycles. The van der Waals surface area contributed by atoms with Crippen LogP contribution in [-0.2, 0) is 11.3 Å². The molecule has 2 rings (SSSR count). The summed E-state index contributed by atoms with van der Waals surface area (Å²) in [6, 6.07) is 5.30. The molecule has 1 aliphatic rings. The third-order valence-electron chi connectivity index (χ3n) is 3.32. The van der Waals surface area contributed by atoms with Crippen LogP contribution in [0.15, 0.2) is 18.2 Å². The minimum atomic E-state index is 0.125. The summed E-state index contributed by atoms with van der Waals surface area (Å²) in [7, 11) is 0. The molecule has 0 aromatic heterocycles. The lowest BCUT2D eigenvalue weighted by Crippen LogP contribution is -2.47. The van der Waals surface area contributed by atoms with E-state index in [0.717, 1.165) is 38.3 Å². The van der Waals surface area contributed by atoms with Crippen molar-refractivity contribution >= 4 is 11.6 Å². The number of hydrogen-bond acceptors (Lipinski definition) is 4. The number of carbonyl (C=O) groups excluding carboxylic acids is 1. The van der Waals surface area contributed by atoms with E-state index in [1.165, 1.54) is 0 Å². The molecule has 0 spiro atoms. The number of anilines is 1. The molecule has 1 aromatic carbocycles. The van der Waals surface area contributed by atoms with Gasteiger partial charge in [-0.15, -0.1) is 0 Å². The topological polar surface area (TPSA) is 69.8 Å². The smallest absolute Gasteiger partial charge is 0.219 e. The lowest BCUT2D eigenvalue weighted by molar-refractivity contribution is -0.130. The molecule has 98 valence electrons. The zero-order chi connectivity index (χ0) is 13.1. The molecule has 1 aromatic rings. The van der Waals surface area contributed by atoms with Crippen LogP contribution in [0.4, 0.5) is 5.69 Å². The monoisotopic (exact) mass is 249 g/mol. The Kier molecular flexibility index (Phi) is 3.72. The summed E-state index contributed by atoms with van der Waals surface area (Å²) < 4.78 is 0. The normalized spacial score (nSPS) is 16.8. The van der Waals surface area contributed by atoms with Crippen LogP contribution in [0.5, 0.6) is 5.75 Å². The Morgan fingerprint density at radius 2 is 2.00 bits per heavy atom. The molecule has 1 aliphatic heterocycles. The molecule has 0 bridgehead atoms. The first-order chi connectivity index (χ1) is 8.56. The number of hydrogen-bond donors (Lipinski definition) is 2. The van der Waals surface area contributed by atoms with Gasteiger partial charge in [0.2, 0.25) is 5.91 Å². The van der Waals surface area contributed by atoms with Crippen molar-refractivity contribution in [2.45, 2.75) is 13.5 Å². The van der Waals surface area contributed by atoms with E-state index >= 15 is 0 Å². The fourth-order valence-corrected chi connectivity index (χ4v) is 2.18. The van der Waals surface area contributed by atoms with Gasteiger partial charge < -0.3 is 15.7 Å². The van der Waals surface area contributed by atoms with Gasteiger partial charge >= 0.3 is 0 Å². The molecule has 5 heteroatoms. The second kappa shape index (κ2) is 5.27. The van der Waals surface area contributed by atoms with Crippen molar-refractivity contribution in [3.63, 3.8) is 0 Å². The van der Waals surface area contributed by atoms with E-state index in [0.29, 0.717) is 5.69 Å². The summed E-state index contributed by atoms with van der Waals surface area (Å²) >= 11 is 0. The molecule has 0 unspecified atom stereocenters. The van der Waals surface area contributed by atoms with Crippen LogP contribution >= 0.6 is 0 Å². The third-order valence-corrected chi connectivity index (χ3v) is 3.32. The molecule has 5 nitrogen and oxygen atoms in total. The summed E-state index contributed by atoms with van der Waals surface area (Å²) in [5, 5.41) is 9.36. The van der Waals surface area contributed by atoms with Crippen molar-refractivity contribution in [1.29, 1.82) is 0 Å². The lowest BCUT2D eigenvalue weighted by Gasteiger charge is -2.34. The number of carbonyl (C=O) groups is 1. The van der Waals surface area contributed by atoms with Gasteiger partial charge in [-0.05, 0) is 17.7 Å². The minimum Gasteiger partial charge on any atom is -0.506 e. The Balaban J connectivity index is 1.91. The van der Waals surface area contributed by atoms with Crippen molar-refractivity contribution in [1.82, 2.24) is 9.80 Å². The second-order valence-corrected chi connectivity index (χ2v) is 4.68. The van der Waals surface area contributed by atoms with Crippen molar-refractivity contribution in [3.05, 3.63) is 23.8 Å². The third kappa shape index (κ3) is 2.92. The highest BCUT2D eigenvalue weighted by atomic mass is 16.3. The van der Waals surface area contributed by atoms with Gasteiger partial charge in [-0.3, -0.25) is 9.69 Å². The van der Waals surface area contributed by atoms with Crippen LogP contribution in [0.2, 0.25) is 0 Å². The molecule has 18 heavy (non-hydrogen) atoms. The summed E-state index contributed by atoms with van der Waals surface area (Å²) in [5.41, 5.74) is 7.16. The average molecular weight is 249 g/mol. The molecule has 3 N–H and O–H groups in total. The van der Waals surface area contributed by atoms with Crippen LogP contribution in [0, 0.1) is 0 Å². The minimum absolute atomic E-state index is 0.125. The summed E-state index contributed by atoms with van der Waals surface area (Å²) in [6.45, 7) is 5.72. The quantitative estimate of drug-likeness (QED) is 0.596. The van der Waals surface area contributed by atoms with E-state index in [1.807, 2.05) is 11.0 Å². The number of nitrogens with two attached hydrogens (primary N) is 1. The van der Waals surface area contributed by atoms with Crippen molar-refractivity contribution in [2.75, 3.05) is 31.9 Å². The highest BCUT2D eigenvalue weighted by Gasteiger charge is 2.18. The SMILES string of the molecule is CC(=O)N1CCN(Cc2ccc(O)c(N)c2)CC1. The number of phenolic OH excluding ortho intramolecular Hbond substituents is 1. The van der Waals surface area contributed by atoms with Crippen LogP contribution in [-0.4, -0.2) is 47.0 Å². The number of piperazine rings is 1. The molecule has 0 saturated carbocycles. The van der Waals surface area contributed by atoms with Gasteiger partial charge in [-0.25, -0.2) is 0 Å². The molecule has 1 saturated heterocycles. The Hall–Kier alpha value is -1.75. The molecule has 0 radical (unpaired) electrons. The molecule has 1 amide bonds. The Bertz CT molecular complexity index is 440. The van der Waals surface area contributed by atoms with E-state index < -0.39 is 0 Å². The van der Waals surface area contributed by atoms with Gasteiger partial charge in [0.1, 0.15) is 5.75 Å². The fourth-order valence-electron chi connectivity index (χ4n) is 2.18. The molecular weight excluding hydrogens is 230 g/mol. The summed E-state index contributed by atoms with van der Waals surface area (Å²) in [6.07, 6.45) is 0. The standard InChI is InChI=1S/C13H19N3O2/c1-10(17)16-6-4-15(5-7-16)9-11-2-3-13(18)12(14)8-11/h2-3,8,18H,4-7,9,14H2,1H3. The summed E-state index contributed by atoms with van der Waals surface area (Å²) in [4.78, 5) is 15.4. The Morgan fingerprint density at radius 1 is 1.33 bits per heavy atom. The maximum Gasteiger partial charge on any atom is 0.219 e. The Morgan fingerprint density at radius 3 is 2.56 bits per heavy atom. The highest BCUT2D eigenvalue weighted by Crippen LogP contribution is 2.21. The Labute approximate surface area is 107 Å². The molecule has 1 heterocycles. The van der Waals surface area contributed by atoms with Crippen LogP contribution in [0.3, 0.4) is 0 Å².